The van der Waals surface area contributed by atoms with E-state index in [2.05, 4.69) is 22.2 Å². The van der Waals surface area contributed by atoms with Gasteiger partial charge >= 0.3 is 0 Å². The molecule has 1 aromatic carbocycles. The van der Waals surface area contributed by atoms with Gasteiger partial charge in [0.2, 0.25) is 5.91 Å². The molecule has 0 bridgehead atoms. The number of carbonyl (C=O) groups is 2. The number of thiazole rings is 1. The number of hydrogen-bond donors (Lipinski definition) is 1. The van der Waals surface area contributed by atoms with Gasteiger partial charge in [-0.2, -0.15) is 0 Å². The van der Waals surface area contributed by atoms with E-state index in [-0.39, 0.29) is 17.7 Å². The van der Waals surface area contributed by atoms with E-state index in [1.165, 1.54) is 4.88 Å². The molecule has 1 fully saturated rings. The predicted octanol–water partition coefficient (Wildman–Crippen LogP) is 2.64. The average molecular weight is 445 g/mol. The molecule has 31 heavy (non-hydrogen) atoms. The molecule has 2 aliphatic rings. The number of likely N-dealkylation sites (tertiary alicyclic amines) is 1. The van der Waals surface area contributed by atoms with Crippen LogP contribution in [0.5, 0.6) is 11.5 Å². The van der Waals surface area contributed by atoms with Crippen LogP contribution in [-0.4, -0.2) is 67.5 Å². The zero-order chi connectivity index (χ0) is 22.0. The standard InChI is InChI=1S/C22H28N4O4S/c1-25-7-6-18-19(13-25)31-22(23-18)24-20(27)14-4-8-26(9-5-14)21(28)15-10-16(29-2)12-17(11-15)30-3/h10-12,14H,4-9,13H2,1-3H3,(H,23,24,27). The molecule has 2 amide bonds. The van der Waals surface area contributed by atoms with Crippen LogP contribution in [0, 0.1) is 5.92 Å². The molecule has 0 saturated carbocycles. The molecule has 166 valence electrons. The predicted molar refractivity (Wildman–Crippen MR) is 119 cm³/mol. The van der Waals surface area contributed by atoms with Crippen LogP contribution in [0.15, 0.2) is 18.2 Å². The highest BCUT2D eigenvalue weighted by Gasteiger charge is 2.29. The Kier molecular flexibility index (Phi) is 6.43. The maximum absolute atomic E-state index is 12.9. The Morgan fingerprint density at radius 3 is 2.42 bits per heavy atom. The Bertz CT molecular complexity index is 946. The van der Waals surface area contributed by atoms with Gasteiger partial charge in [-0.25, -0.2) is 4.98 Å². The number of aromatic nitrogens is 1. The Morgan fingerprint density at radius 1 is 1.10 bits per heavy atom. The number of fused-ring (bicyclic) bond motifs is 1. The maximum Gasteiger partial charge on any atom is 0.254 e. The van der Waals surface area contributed by atoms with Crippen molar-refractivity contribution in [2.24, 2.45) is 5.92 Å². The fourth-order valence-corrected chi connectivity index (χ4v) is 5.13. The second-order valence-electron chi connectivity index (χ2n) is 8.03. The number of rotatable bonds is 5. The Hall–Kier alpha value is -2.65. The monoisotopic (exact) mass is 444 g/mol. The number of benzene rings is 1. The number of ether oxygens (including phenoxy) is 2. The summed E-state index contributed by atoms with van der Waals surface area (Å²) < 4.78 is 10.5. The second kappa shape index (κ2) is 9.23. The first-order valence-corrected chi connectivity index (χ1v) is 11.3. The molecule has 9 heteroatoms. The Labute approximate surface area is 186 Å². The summed E-state index contributed by atoms with van der Waals surface area (Å²) in [5.41, 5.74) is 1.63. The number of amides is 2. The fraction of sp³-hybridized carbons (Fsp3) is 0.500. The van der Waals surface area contributed by atoms with Crippen molar-refractivity contribution in [1.82, 2.24) is 14.8 Å². The van der Waals surface area contributed by atoms with Gasteiger partial charge in [-0.05, 0) is 32.0 Å². The maximum atomic E-state index is 12.9. The molecule has 4 rings (SSSR count). The van der Waals surface area contributed by atoms with Crippen LogP contribution < -0.4 is 14.8 Å². The smallest absolute Gasteiger partial charge is 0.254 e. The number of carbonyl (C=O) groups excluding carboxylic acids is 2. The minimum absolute atomic E-state index is 0.00500. The molecule has 0 unspecified atom stereocenters. The van der Waals surface area contributed by atoms with Gasteiger partial charge in [0.05, 0.1) is 19.9 Å². The summed E-state index contributed by atoms with van der Waals surface area (Å²) >= 11 is 1.57. The molecular weight excluding hydrogens is 416 g/mol. The average Bonchev–Trinajstić information content (AvgIpc) is 3.19. The van der Waals surface area contributed by atoms with E-state index in [0.29, 0.717) is 48.1 Å². The summed E-state index contributed by atoms with van der Waals surface area (Å²) in [4.78, 5) is 35.6. The van der Waals surface area contributed by atoms with Gasteiger partial charge < -0.3 is 24.6 Å². The van der Waals surface area contributed by atoms with Crippen LogP contribution in [0.1, 0.15) is 33.8 Å². The molecule has 0 radical (unpaired) electrons. The number of hydrogen-bond acceptors (Lipinski definition) is 7. The number of anilines is 1. The van der Waals surface area contributed by atoms with Crippen molar-refractivity contribution in [2.45, 2.75) is 25.8 Å². The first kappa shape index (κ1) is 21.6. The van der Waals surface area contributed by atoms with E-state index in [9.17, 15) is 9.59 Å². The topological polar surface area (TPSA) is 84.0 Å². The summed E-state index contributed by atoms with van der Waals surface area (Å²) in [7, 11) is 5.21. The molecular formula is C22H28N4O4S. The van der Waals surface area contributed by atoms with E-state index in [0.717, 1.165) is 25.2 Å². The summed E-state index contributed by atoms with van der Waals surface area (Å²) in [5.74, 6) is 0.957. The van der Waals surface area contributed by atoms with Crippen molar-refractivity contribution < 1.29 is 19.1 Å². The summed E-state index contributed by atoms with van der Waals surface area (Å²) in [6, 6.07) is 5.17. The van der Waals surface area contributed by atoms with Gasteiger partial charge in [-0.15, -0.1) is 11.3 Å². The van der Waals surface area contributed by atoms with Gasteiger partial charge in [0.25, 0.3) is 5.91 Å². The third-order valence-electron chi connectivity index (χ3n) is 5.90. The van der Waals surface area contributed by atoms with E-state index in [1.54, 1.807) is 48.7 Å². The van der Waals surface area contributed by atoms with Crippen LogP contribution in [0.3, 0.4) is 0 Å². The molecule has 1 saturated heterocycles. The van der Waals surface area contributed by atoms with Gasteiger partial charge in [0.15, 0.2) is 5.13 Å². The van der Waals surface area contributed by atoms with E-state index < -0.39 is 0 Å². The van der Waals surface area contributed by atoms with E-state index in [1.807, 2.05) is 0 Å². The van der Waals surface area contributed by atoms with Crippen molar-refractivity contribution in [2.75, 3.05) is 46.2 Å². The first-order chi connectivity index (χ1) is 15.0. The Balaban J connectivity index is 1.34. The first-order valence-electron chi connectivity index (χ1n) is 10.5. The molecule has 3 heterocycles. The minimum atomic E-state index is -0.118. The molecule has 2 aromatic rings. The van der Waals surface area contributed by atoms with Crippen molar-refractivity contribution in [3.05, 3.63) is 34.3 Å². The normalized spacial score (nSPS) is 17.2. The van der Waals surface area contributed by atoms with Crippen molar-refractivity contribution in [3.8, 4) is 11.5 Å². The second-order valence-corrected chi connectivity index (χ2v) is 9.12. The van der Waals surface area contributed by atoms with Crippen LogP contribution >= 0.6 is 11.3 Å². The number of piperidine rings is 1. The number of nitrogens with one attached hydrogen (secondary N) is 1. The highest BCUT2D eigenvalue weighted by molar-refractivity contribution is 7.15. The zero-order valence-electron chi connectivity index (χ0n) is 18.1. The third kappa shape index (κ3) is 4.83. The summed E-state index contributed by atoms with van der Waals surface area (Å²) in [6.45, 7) is 2.96. The molecule has 1 N–H and O–H groups in total. The minimum Gasteiger partial charge on any atom is -0.497 e. The van der Waals surface area contributed by atoms with Crippen molar-refractivity contribution in [3.63, 3.8) is 0 Å². The summed E-state index contributed by atoms with van der Waals surface area (Å²) in [6.07, 6.45) is 2.19. The van der Waals surface area contributed by atoms with Gasteiger partial charge in [-0.3, -0.25) is 9.59 Å². The number of methoxy groups -OCH3 is 2. The number of likely N-dealkylation sites (N-methyl/N-ethyl adjacent to an activating group) is 1. The van der Waals surface area contributed by atoms with Gasteiger partial charge in [0, 0.05) is 55.0 Å². The molecule has 1 aromatic heterocycles. The zero-order valence-corrected chi connectivity index (χ0v) is 19.0. The lowest BCUT2D eigenvalue weighted by Gasteiger charge is -2.31. The Morgan fingerprint density at radius 2 is 1.77 bits per heavy atom. The van der Waals surface area contributed by atoms with Crippen LogP contribution in [-0.2, 0) is 17.8 Å². The fourth-order valence-electron chi connectivity index (χ4n) is 4.04. The van der Waals surface area contributed by atoms with Crippen LogP contribution in [0.2, 0.25) is 0 Å². The molecule has 0 spiro atoms. The molecule has 8 nitrogen and oxygen atoms in total. The quantitative estimate of drug-likeness (QED) is 0.763. The number of nitrogens with zero attached hydrogens (tertiary/aromatic N) is 3. The van der Waals surface area contributed by atoms with E-state index in [4.69, 9.17) is 9.47 Å². The molecule has 0 aliphatic carbocycles. The van der Waals surface area contributed by atoms with Crippen molar-refractivity contribution in [1.29, 1.82) is 0 Å². The van der Waals surface area contributed by atoms with Crippen LogP contribution in [0.4, 0.5) is 5.13 Å². The van der Waals surface area contributed by atoms with Gasteiger partial charge in [0.1, 0.15) is 11.5 Å². The largest absolute Gasteiger partial charge is 0.497 e. The van der Waals surface area contributed by atoms with Crippen LogP contribution in [0.25, 0.3) is 0 Å². The molecule has 2 aliphatic heterocycles. The lowest BCUT2D eigenvalue weighted by Crippen LogP contribution is -2.41. The van der Waals surface area contributed by atoms with Crippen molar-refractivity contribution >= 4 is 28.3 Å². The summed E-state index contributed by atoms with van der Waals surface area (Å²) in [5, 5.41) is 3.69. The lowest BCUT2D eigenvalue weighted by molar-refractivity contribution is -0.121. The highest BCUT2D eigenvalue weighted by atomic mass is 32.1. The van der Waals surface area contributed by atoms with E-state index >= 15 is 0 Å². The SMILES string of the molecule is COc1cc(OC)cc(C(=O)N2CCC(C(=O)Nc3nc4c(s3)CN(C)CC4)CC2)c1. The molecule has 0 atom stereocenters. The highest BCUT2D eigenvalue weighted by Crippen LogP contribution is 2.29. The van der Waals surface area contributed by atoms with Gasteiger partial charge in [-0.1, -0.05) is 0 Å². The lowest BCUT2D eigenvalue weighted by atomic mass is 9.95. The third-order valence-corrected chi connectivity index (χ3v) is 6.90.